The van der Waals surface area contributed by atoms with Gasteiger partial charge in [-0.25, -0.2) is 4.98 Å². The molecule has 5 heteroatoms. The molecule has 0 saturated heterocycles. The number of rotatable bonds is 4. The molecule has 0 aliphatic carbocycles. The fourth-order valence-corrected chi connectivity index (χ4v) is 1.21. The van der Waals surface area contributed by atoms with E-state index >= 15 is 0 Å². The monoisotopic (exact) mass is 179 g/mol. The lowest BCUT2D eigenvalue weighted by Crippen LogP contribution is -2.06. The van der Waals surface area contributed by atoms with Crippen molar-refractivity contribution in [3.05, 3.63) is 28.7 Å². The summed E-state index contributed by atoms with van der Waals surface area (Å²) in [6.07, 6.45) is 3.67. The fourth-order valence-electron chi connectivity index (χ4n) is 1.21. The zero-order valence-corrected chi connectivity index (χ0v) is 7.88. The maximum atomic E-state index is 8.11. The summed E-state index contributed by atoms with van der Waals surface area (Å²) in [7, 11) is 0. The van der Waals surface area contributed by atoms with Crippen LogP contribution in [0, 0.1) is 0 Å². The van der Waals surface area contributed by atoms with Crippen LogP contribution in [0.3, 0.4) is 0 Å². The molecular weight excluding hydrogens is 166 g/mol. The van der Waals surface area contributed by atoms with E-state index in [4.69, 9.17) is 5.53 Å². The Labute approximate surface area is 77.0 Å². The number of imidazole rings is 1. The summed E-state index contributed by atoms with van der Waals surface area (Å²) < 4.78 is 2.01. The summed E-state index contributed by atoms with van der Waals surface area (Å²) in [4.78, 5) is 6.92. The van der Waals surface area contributed by atoms with E-state index in [9.17, 15) is 0 Å². The van der Waals surface area contributed by atoms with Crippen molar-refractivity contribution in [3.63, 3.8) is 0 Å². The zero-order chi connectivity index (χ0) is 9.68. The van der Waals surface area contributed by atoms with E-state index in [0.29, 0.717) is 19.0 Å². The average molecular weight is 179 g/mol. The van der Waals surface area contributed by atoms with Gasteiger partial charge in [-0.15, -0.1) is 0 Å². The van der Waals surface area contributed by atoms with Gasteiger partial charge in [-0.2, -0.15) is 0 Å². The van der Waals surface area contributed by atoms with Crippen molar-refractivity contribution in [2.45, 2.75) is 26.3 Å². The first kappa shape index (κ1) is 9.61. The Bertz CT molecular complexity index is 308. The quantitative estimate of drug-likeness (QED) is 0.397. The van der Waals surface area contributed by atoms with Crippen LogP contribution in [0.5, 0.6) is 0 Å². The summed E-state index contributed by atoms with van der Waals surface area (Å²) in [5.74, 6) is 1.44. The molecule has 5 nitrogen and oxygen atoms in total. The maximum Gasteiger partial charge on any atom is 0.111 e. The maximum absolute atomic E-state index is 8.11. The number of nitrogens with zero attached hydrogens (tertiary/aromatic N) is 5. The predicted molar refractivity (Wildman–Crippen MR) is 50.3 cm³/mol. The van der Waals surface area contributed by atoms with Gasteiger partial charge in [-0.05, 0) is 5.53 Å². The van der Waals surface area contributed by atoms with Gasteiger partial charge < -0.3 is 4.57 Å². The molecule has 0 spiro atoms. The molecule has 0 aliphatic heterocycles. The van der Waals surface area contributed by atoms with Gasteiger partial charge in [0, 0.05) is 36.3 Å². The predicted octanol–water partition coefficient (Wildman–Crippen LogP) is 2.32. The Morgan fingerprint density at radius 2 is 2.46 bits per heavy atom. The van der Waals surface area contributed by atoms with E-state index in [2.05, 4.69) is 28.9 Å². The highest BCUT2D eigenvalue weighted by Gasteiger charge is 2.05. The van der Waals surface area contributed by atoms with Gasteiger partial charge in [0.05, 0.1) is 0 Å². The van der Waals surface area contributed by atoms with Crippen LogP contribution in [0.1, 0.15) is 25.6 Å². The molecule has 0 aliphatic rings. The Morgan fingerprint density at radius 1 is 1.69 bits per heavy atom. The van der Waals surface area contributed by atoms with Gasteiger partial charge in [0.2, 0.25) is 0 Å². The van der Waals surface area contributed by atoms with Crippen molar-refractivity contribution >= 4 is 0 Å². The van der Waals surface area contributed by atoms with Gasteiger partial charge in [0.15, 0.2) is 0 Å². The minimum absolute atomic E-state index is 0.404. The first-order valence-corrected chi connectivity index (χ1v) is 4.27. The number of azide groups is 1. The normalized spacial score (nSPS) is 10.1. The van der Waals surface area contributed by atoms with Crippen LogP contribution in [0.15, 0.2) is 17.5 Å². The lowest BCUT2D eigenvalue weighted by molar-refractivity contribution is 0.626. The first-order valence-electron chi connectivity index (χ1n) is 4.27. The molecule has 0 N–H and O–H groups in total. The topological polar surface area (TPSA) is 66.6 Å². The van der Waals surface area contributed by atoms with Crippen molar-refractivity contribution < 1.29 is 0 Å². The van der Waals surface area contributed by atoms with Crippen molar-refractivity contribution in [2.24, 2.45) is 5.11 Å². The molecule has 0 unspecified atom stereocenters. The lowest BCUT2D eigenvalue weighted by Gasteiger charge is -2.07. The number of hydrogen-bond acceptors (Lipinski definition) is 2. The molecule has 0 radical (unpaired) electrons. The number of hydrogen-bond donors (Lipinski definition) is 0. The SMILES string of the molecule is CC(C)c1nccn1CCN=[N+]=[N-]. The molecule has 0 bridgehead atoms. The third kappa shape index (κ3) is 2.49. The van der Waals surface area contributed by atoms with E-state index < -0.39 is 0 Å². The minimum atomic E-state index is 0.404. The summed E-state index contributed by atoms with van der Waals surface area (Å²) in [6, 6.07) is 0. The van der Waals surface area contributed by atoms with Crippen molar-refractivity contribution in [1.29, 1.82) is 0 Å². The van der Waals surface area contributed by atoms with Gasteiger partial charge in [0.1, 0.15) is 5.82 Å². The van der Waals surface area contributed by atoms with Gasteiger partial charge in [0.25, 0.3) is 0 Å². The molecule has 0 aromatic carbocycles. The van der Waals surface area contributed by atoms with E-state index in [1.807, 2.05) is 10.8 Å². The van der Waals surface area contributed by atoms with E-state index in [1.165, 1.54) is 0 Å². The molecule has 0 atom stereocenters. The van der Waals surface area contributed by atoms with Crippen LogP contribution in [0.2, 0.25) is 0 Å². The zero-order valence-electron chi connectivity index (χ0n) is 7.88. The second-order valence-corrected chi connectivity index (χ2v) is 3.09. The Kier molecular flexibility index (Phi) is 3.34. The van der Waals surface area contributed by atoms with Crippen LogP contribution in [-0.4, -0.2) is 16.1 Å². The van der Waals surface area contributed by atoms with Crippen molar-refractivity contribution in [2.75, 3.05) is 6.54 Å². The van der Waals surface area contributed by atoms with Gasteiger partial charge in [-0.3, -0.25) is 0 Å². The number of aromatic nitrogens is 2. The van der Waals surface area contributed by atoms with E-state index in [-0.39, 0.29) is 0 Å². The highest BCUT2D eigenvalue weighted by atomic mass is 15.2. The standard InChI is InChI=1S/C8H13N5/c1-7(2)8-10-3-5-13(8)6-4-11-12-9/h3,5,7H,4,6H2,1-2H3. The highest BCUT2D eigenvalue weighted by Crippen LogP contribution is 2.11. The molecule has 13 heavy (non-hydrogen) atoms. The molecule has 1 heterocycles. The fraction of sp³-hybridized carbons (Fsp3) is 0.625. The highest BCUT2D eigenvalue weighted by molar-refractivity contribution is 4.97. The van der Waals surface area contributed by atoms with Crippen LogP contribution in [-0.2, 0) is 6.54 Å². The smallest absolute Gasteiger partial charge is 0.111 e. The third-order valence-corrected chi connectivity index (χ3v) is 1.77. The van der Waals surface area contributed by atoms with Gasteiger partial charge in [-0.1, -0.05) is 19.0 Å². The molecule has 0 amide bonds. The summed E-state index contributed by atoms with van der Waals surface area (Å²) >= 11 is 0. The molecule has 0 saturated carbocycles. The molecular formula is C8H13N5. The molecule has 0 fully saturated rings. The van der Waals surface area contributed by atoms with Crippen LogP contribution < -0.4 is 0 Å². The van der Waals surface area contributed by atoms with Crippen LogP contribution >= 0.6 is 0 Å². The summed E-state index contributed by atoms with van der Waals surface area (Å²) in [6.45, 7) is 5.36. The van der Waals surface area contributed by atoms with E-state index in [0.717, 1.165) is 5.82 Å². The summed E-state index contributed by atoms with van der Waals surface area (Å²) in [5.41, 5.74) is 8.11. The molecule has 70 valence electrons. The third-order valence-electron chi connectivity index (χ3n) is 1.77. The second kappa shape index (κ2) is 4.52. The molecule has 1 aromatic rings. The Morgan fingerprint density at radius 3 is 3.08 bits per heavy atom. The average Bonchev–Trinajstić information content (AvgIpc) is 2.53. The minimum Gasteiger partial charge on any atom is -0.335 e. The Hall–Kier alpha value is -1.48. The Balaban J connectivity index is 2.65. The first-order chi connectivity index (χ1) is 6.25. The van der Waals surface area contributed by atoms with Crippen molar-refractivity contribution in [1.82, 2.24) is 9.55 Å². The van der Waals surface area contributed by atoms with Crippen molar-refractivity contribution in [3.8, 4) is 0 Å². The molecule has 1 aromatic heterocycles. The van der Waals surface area contributed by atoms with Crippen LogP contribution in [0.25, 0.3) is 10.4 Å². The largest absolute Gasteiger partial charge is 0.335 e. The van der Waals surface area contributed by atoms with E-state index in [1.54, 1.807) is 6.20 Å². The lowest BCUT2D eigenvalue weighted by atomic mass is 10.2. The molecule has 1 rings (SSSR count). The summed E-state index contributed by atoms with van der Waals surface area (Å²) in [5, 5.41) is 3.48. The van der Waals surface area contributed by atoms with Crippen LogP contribution in [0.4, 0.5) is 0 Å². The van der Waals surface area contributed by atoms with Gasteiger partial charge >= 0.3 is 0 Å². The second-order valence-electron chi connectivity index (χ2n) is 3.09.